The van der Waals surface area contributed by atoms with E-state index in [0.717, 1.165) is 44.8 Å². The van der Waals surface area contributed by atoms with Crippen LogP contribution >= 0.6 is 0 Å². The van der Waals surface area contributed by atoms with E-state index in [1.165, 1.54) is 0 Å². The number of rotatable bonds is 4. The molecule has 6 heteroatoms. The van der Waals surface area contributed by atoms with Gasteiger partial charge >= 0.3 is 0 Å². The summed E-state index contributed by atoms with van der Waals surface area (Å²) in [7, 11) is -1.04. The van der Waals surface area contributed by atoms with Crippen molar-refractivity contribution in [2.45, 2.75) is 61.5 Å². The molecule has 2 amide bonds. The van der Waals surface area contributed by atoms with Crippen molar-refractivity contribution < 1.29 is 14.1 Å². The molecule has 0 unspecified atom stereocenters. The lowest BCUT2D eigenvalue weighted by atomic mass is 9.76. The molecule has 0 saturated carbocycles. The zero-order chi connectivity index (χ0) is 25.7. The smallest absolute Gasteiger partial charge is 0.293 e. The van der Waals surface area contributed by atoms with Gasteiger partial charge in [0.2, 0.25) is 11.8 Å². The van der Waals surface area contributed by atoms with Crippen LogP contribution in [0, 0.1) is 47.0 Å². The topological polar surface area (TPSA) is 44.5 Å². The zero-order valence-corrected chi connectivity index (χ0v) is 22.4. The fourth-order valence-corrected chi connectivity index (χ4v) is 5.98. The van der Waals surface area contributed by atoms with E-state index >= 15 is 0 Å². The summed E-state index contributed by atoms with van der Waals surface area (Å²) in [6.07, 6.45) is 4.07. The van der Waals surface area contributed by atoms with Gasteiger partial charge in [0.1, 0.15) is 17.8 Å². The second kappa shape index (κ2) is 8.99. The average molecular weight is 469 g/mol. The van der Waals surface area contributed by atoms with Gasteiger partial charge < -0.3 is 14.3 Å². The molecule has 0 spiro atoms. The Balaban J connectivity index is 2.02. The molecular formula is C29H36BN3O2. The first kappa shape index (κ1) is 24.7. The van der Waals surface area contributed by atoms with E-state index in [2.05, 4.69) is 70.3 Å². The summed E-state index contributed by atoms with van der Waals surface area (Å²) < 4.78 is 2.17. The Labute approximate surface area is 209 Å². The molecule has 182 valence electrons. The highest BCUT2D eigenvalue weighted by atomic mass is 16.2. The van der Waals surface area contributed by atoms with Crippen molar-refractivity contribution in [1.29, 1.82) is 0 Å². The van der Waals surface area contributed by atoms with Crippen molar-refractivity contribution in [1.82, 2.24) is 0 Å². The van der Waals surface area contributed by atoms with Crippen LogP contribution in [0.5, 0.6) is 0 Å². The molecule has 35 heavy (non-hydrogen) atoms. The van der Waals surface area contributed by atoms with Crippen molar-refractivity contribution in [3.05, 3.63) is 88.2 Å². The van der Waals surface area contributed by atoms with Crippen LogP contribution < -0.4 is 14.3 Å². The molecule has 1 aliphatic rings. The third-order valence-corrected chi connectivity index (χ3v) is 7.40. The highest BCUT2D eigenvalue weighted by molar-refractivity contribution is 6.37. The summed E-state index contributed by atoms with van der Waals surface area (Å²) in [5.41, 5.74) is 7.17. The van der Waals surface area contributed by atoms with Crippen LogP contribution in [0.3, 0.4) is 0 Å². The van der Waals surface area contributed by atoms with E-state index in [-0.39, 0.29) is 11.8 Å². The average Bonchev–Trinajstić information content (AvgIpc) is 2.76. The lowest BCUT2D eigenvalue weighted by Crippen LogP contribution is -2.72. The first-order valence-corrected chi connectivity index (χ1v) is 12.5. The van der Waals surface area contributed by atoms with Crippen LogP contribution in [0.1, 0.15) is 47.2 Å². The van der Waals surface area contributed by atoms with Gasteiger partial charge in [-0.25, -0.2) is 0 Å². The van der Waals surface area contributed by atoms with Crippen LogP contribution in [0.4, 0.5) is 11.4 Å². The van der Waals surface area contributed by atoms with Gasteiger partial charge in [-0.3, -0.25) is 9.59 Å². The van der Waals surface area contributed by atoms with E-state index in [4.69, 9.17) is 0 Å². The first-order chi connectivity index (χ1) is 16.4. The van der Waals surface area contributed by atoms with Crippen molar-refractivity contribution in [2.75, 3.05) is 9.80 Å². The molecular weight excluding hydrogens is 433 g/mol. The van der Waals surface area contributed by atoms with Gasteiger partial charge in [-0.1, -0.05) is 41.5 Å². The molecule has 0 aliphatic carbocycles. The number of hydrogen-bond acceptors (Lipinski definition) is 2. The highest BCUT2D eigenvalue weighted by Crippen LogP contribution is 2.41. The number of anilines is 2. The largest absolute Gasteiger partial charge is 0.429 e. The summed E-state index contributed by atoms with van der Waals surface area (Å²) >= 11 is 0. The normalized spacial score (nSPS) is 16.2. The minimum Gasteiger partial charge on any atom is -0.429 e. The monoisotopic (exact) mass is 469 g/mol. The number of amides is 2. The van der Waals surface area contributed by atoms with Crippen LogP contribution in [0.25, 0.3) is 0 Å². The number of carbonyl (C=O) groups excluding carboxylic acids is 2. The maximum atomic E-state index is 14.1. The number of pyridine rings is 1. The molecule has 2 heterocycles. The fourth-order valence-electron chi connectivity index (χ4n) is 5.98. The second-order valence-electron chi connectivity index (χ2n) is 10.9. The molecule has 0 atom stereocenters. The third kappa shape index (κ3) is 4.26. The SMILES string of the molecule is Cc1cc(C)c(N2C(=O)C(C)(C)C(=O)N(c3c(C)cc(C)cc3C)C2[BH2-][n+]2ccccc2)c(C)c1. The van der Waals surface area contributed by atoms with Gasteiger partial charge in [-0.15, -0.1) is 0 Å². The van der Waals surface area contributed by atoms with Crippen molar-refractivity contribution >= 4 is 30.6 Å². The third-order valence-electron chi connectivity index (χ3n) is 7.40. The van der Waals surface area contributed by atoms with E-state index in [1.807, 2.05) is 40.4 Å². The number of hydrogen-bond donors (Lipinski definition) is 0. The number of nitrogens with zero attached hydrogens (tertiary/aromatic N) is 3. The minimum absolute atomic E-state index is 0.137. The van der Waals surface area contributed by atoms with Gasteiger partial charge in [0, 0.05) is 11.4 Å². The summed E-state index contributed by atoms with van der Waals surface area (Å²) in [6.45, 7) is 15.9. The summed E-state index contributed by atoms with van der Waals surface area (Å²) in [4.78, 5) is 32.1. The molecule has 0 N–H and O–H groups in total. The van der Waals surface area contributed by atoms with Gasteiger partial charge in [0.15, 0.2) is 0 Å². The lowest BCUT2D eigenvalue weighted by molar-refractivity contribution is -0.530. The Kier molecular flexibility index (Phi) is 6.35. The highest BCUT2D eigenvalue weighted by Gasteiger charge is 2.52. The van der Waals surface area contributed by atoms with Crippen molar-refractivity contribution in [2.24, 2.45) is 5.41 Å². The molecule has 1 aliphatic heterocycles. The van der Waals surface area contributed by atoms with Crippen LogP contribution in [-0.2, 0) is 9.59 Å². The number of benzene rings is 2. The maximum absolute atomic E-state index is 14.1. The second-order valence-corrected chi connectivity index (χ2v) is 10.9. The minimum atomic E-state index is -1.18. The molecule has 1 fully saturated rings. The van der Waals surface area contributed by atoms with E-state index in [9.17, 15) is 9.59 Å². The summed E-state index contributed by atoms with van der Waals surface area (Å²) in [6, 6.07) is 14.1. The number of carbonyl (C=O) groups is 2. The van der Waals surface area contributed by atoms with Crippen LogP contribution in [0.2, 0.25) is 0 Å². The Hall–Kier alpha value is -3.41. The zero-order valence-electron chi connectivity index (χ0n) is 22.4. The van der Waals surface area contributed by atoms with E-state index < -0.39 is 18.9 Å². The predicted molar refractivity (Wildman–Crippen MR) is 144 cm³/mol. The Bertz CT molecular complexity index is 1190. The molecule has 1 aromatic heterocycles. The fraction of sp³-hybridized carbons (Fsp3) is 0.345. The van der Waals surface area contributed by atoms with Crippen LogP contribution in [0.15, 0.2) is 54.9 Å². The van der Waals surface area contributed by atoms with E-state index in [0.29, 0.717) is 0 Å². The lowest BCUT2D eigenvalue weighted by Gasteiger charge is -2.52. The molecule has 3 aromatic rings. The molecule has 4 rings (SSSR count). The number of aromatic nitrogens is 1. The molecule has 0 bridgehead atoms. The standard InChI is InChI=1S/C29H36BN3O2/c1-18-14-20(3)24(21(4)15-18)32-26(34)29(7,8)27(35)33(25-22(5)16-19(2)17-23(25)6)28(32)30-31-12-10-9-11-13-31/h9-17,28H,30H2,1-8H3. The van der Waals surface area contributed by atoms with Gasteiger partial charge in [-0.2, -0.15) is 0 Å². The van der Waals surface area contributed by atoms with Crippen molar-refractivity contribution in [3.8, 4) is 0 Å². The number of aryl methyl sites for hydroxylation is 6. The van der Waals surface area contributed by atoms with Gasteiger partial charge in [-0.05, 0) is 89.8 Å². The maximum Gasteiger partial charge on any atom is 0.293 e. The Morgan fingerprint density at radius 2 is 1.06 bits per heavy atom. The molecule has 2 aromatic carbocycles. The Morgan fingerprint density at radius 3 is 1.43 bits per heavy atom. The summed E-state index contributed by atoms with van der Waals surface area (Å²) in [5.74, 6) is -0.275. The molecule has 5 nitrogen and oxygen atoms in total. The Morgan fingerprint density at radius 1 is 0.686 bits per heavy atom. The van der Waals surface area contributed by atoms with E-state index in [1.54, 1.807) is 13.8 Å². The van der Waals surface area contributed by atoms with Crippen LogP contribution in [-0.4, -0.2) is 25.3 Å². The van der Waals surface area contributed by atoms with Crippen molar-refractivity contribution in [3.63, 3.8) is 0 Å². The first-order valence-electron chi connectivity index (χ1n) is 12.5. The summed E-state index contributed by atoms with van der Waals surface area (Å²) in [5, 5.41) is 0. The predicted octanol–water partition coefficient (Wildman–Crippen LogP) is 4.15. The molecule has 0 radical (unpaired) electrons. The molecule has 1 saturated heterocycles. The van der Waals surface area contributed by atoms with Gasteiger partial charge in [0.05, 0.1) is 6.07 Å². The quantitative estimate of drug-likeness (QED) is 0.426. The van der Waals surface area contributed by atoms with Gasteiger partial charge in [0.25, 0.3) is 7.41 Å².